The fraction of sp³-hybridized carbons (Fsp3) is 0.278. The van der Waals surface area contributed by atoms with Crippen LogP contribution in [0.5, 0.6) is 0 Å². The van der Waals surface area contributed by atoms with Crippen LogP contribution < -0.4 is 5.32 Å². The van der Waals surface area contributed by atoms with Crippen LogP contribution in [0.25, 0.3) is 0 Å². The molecule has 0 aliphatic heterocycles. The van der Waals surface area contributed by atoms with Gasteiger partial charge in [-0.05, 0) is 24.5 Å². The van der Waals surface area contributed by atoms with Gasteiger partial charge in [-0.1, -0.05) is 60.7 Å². The largest absolute Gasteiger partial charge is 0.478 e. The number of aliphatic carboxylic acids is 1. The predicted molar refractivity (Wildman–Crippen MR) is 85.3 cm³/mol. The highest BCUT2D eigenvalue weighted by atomic mass is 16.4. The molecule has 0 radical (unpaired) electrons. The van der Waals surface area contributed by atoms with Crippen LogP contribution in [0.4, 0.5) is 0 Å². The molecule has 1 unspecified atom stereocenters. The summed E-state index contributed by atoms with van der Waals surface area (Å²) < 4.78 is 0. The molecule has 0 heterocycles. The molecule has 0 aliphatic carbocycles. The van der Waals surface area contributed by atoms with Crippen LogP contribution in [0.3, 0.4) is 0 Å². The second-order valence-electron chi connectivity index (χ2n) is 5.43. The third-order valence-electron chi connectivity index (χ3n) is 3.73. The number of carboxylic acids is 1. The fourth-order valence-electron chi connectivity index (χ4n) is 2.39. The number of carboxylic acid groups (broad SMARTS) is 1. The van der Waals surface area contributed by atoms with Crippen molar-refractivity contribution in [2.75, 3.05) is 0 Å². The Morgan fingerprint density at radius 2 is 1.64 bits per heavy atom. The molecular weight excluding hydrogens is 278 g/mol. The lowest BCUT2D eigenvalue weighted by atomic mass is 10.00. The standard InChI is InChI=1S/C18H21NO3/c1-14(16-10-6-3-7-11-16)19-18(22,17(20)21)13-12-15-8-4-2-5-9-15/h2-11,14,19,22H,12-13H2,1H3,(H,20,21)/t14?,18-/m0/s1. The van der Waals surface area contributed by atoms with Gasteiger partial charge >= 0.3 is 5.97 Å². The average Bonchev–Trinajstić information content (AvgIpc) is 2.54. The summed E-state index contributed by atoms with van der Waals surface area (Å²) in [5.74, 6) is -1.26. The first kappa shape index (κ1) is 16.2. The van der Waals surface area contributed by atoms with E-state index in [1.54, 1.807) is 0 Å². The SMILES string of the molecule is CC(N[C@](O)(CCc1ccccc1)C(=O)O)c1ccccc1. The number of benzene rings is 2. The van der Waals surface area contributed by atoms with E-state index in [1.807, 2.05) is 67.6 Å². The molecule has 22 heavy (non-hydrogen) atoms. The summed E-state index contributed by atoms with van der Waals surface area (Å²) in [6.07, 6.45) is 0.585. The minimum absolute atomic E-state index is 0.101. The van der Waals surface area contributed by atoms with Crippen LogP contribution in [-0.2, 0) is 11.2 Å². The first-order chi connectivity index (χ1) is 10.5. The van der Waals surface area contributed by atoms with Crippen molar-refractivity contribution in [2.45, 2.75) is 31.5 Å². The molecular formula is C18H21NO3. The van der Waals surface area contributed by atoms with Crippen LogP contribution in [-0.4, -0.2) is 21.9 Å². The van der Waals surface area contributed by atoms with Crippen LogP contribution >= 0.6 is 0 Å². The van der Waals surface area contributed by atoms with E-state index < -0.39 is 11.7 Å². The monoisotopic (exact) mass is 299 g/mol. The molecule has 0 saturated carbocycles. The van der Waals surface area contributed by atoms with Gasteiger partial charge in [-0.3, -0.25) is 5.32 Å². The van der Waals surface area contributed by atoms with Gasteiger partial charge in [-0.15, -0.1) is 0 Å². The normalized spacial score (nSPS) is 15.0. The zero-order chi connectivity index (χ0) is 16.0. The van der Waals surface area contributed by atoms with Gasteiger partial charge in [-0.25, -0.2) is 4.79 Å². The Kier molecular flexibility index (Phi) is 5.31. The van der Waals surface area contributed by atoms with E-state index >= 15 is 0 Å². The minimum Gasteiger partial charge on any atom is -0.478 e. The summed E-state index contributed by atoms with van der Waals surface area (Å²) in [6.45, 7) is 1.84. The fourth-order valence-corrected chi connectivity index (χ4v) is 2.39. The molecule has 0 aliphatic rings. The zero-order valence-corrected chi connectivity index (χ0v) is 12.6. The second-order valence-corrected chi connectivity index (χ2v) is 5.43. The Bertz CT molecular complexity index is 600. The van der Waals surface area contributed by atoms with E-state index in [4.69, 9.17) is 0 Å². The number of rotatable bonds is 7. The van der Waals surface area contributed by atoms with Gasteiger partial charge in [0.05, 0.1) is 0 Å². The van der Waals surface area contributed by atoms with Gasteiger partial charge in [0.15, 0.2) is 0 Å². The Labute approximate surface area is 130 Å². The molecule has 3 N–H and O–H groups in total. The van der Waals surface area contributed by atoms with Crippen LogP contribution in [0, 0.1) is 0 Å². The van der Waals surface area contributed by atoms with Gasteiger partial charge in [0.1, 0.15) is 0 Å². The Balaban J connectivity index is 2.06. The Hall–Kier alpha value is -2.17. The molecule has 0 fully saturated rings. The number of hydrogen-bond donors (Lipinski definition) is 3. The zero-order valence-electron chi connectivity index (χ0n) is 12.6. The molecule has 0 spiro atoms. The molecule has 2 aromatic carbocycles. The van der Waals surface area contributed by atoms with E-state index in [-0.39, 0.29) is 12.5 Å². The van der Waals surface area contributed by atoms with Crippen molar-refractivity contribution in [3.8, 4) is 0 Å². The van der Waals surface area contributed by atoms with Crippen molar-refractivity contribution >= 4 is 5.97 Å². The van der Waals surface area contributed by atoms with E-state index in [0.717, 1.165) is 11.1 Å². The highest BCUT2D eigenvalue weighted by molar-refractivity contribution is 5.76. The summed E-state index contributed by atoms with van der Waals surface area (Å²) >= 11 is 0. The lowest BCUT2D eigenvalue weighted by Gasteiger charge is -2.29. The molecule has 2 rings (SSSR count). The molecule has 2 aromatic rings. The maximum Gasteiger partial charge on any atom is 0.351 e. The number of aryl methyl sites for hydroxylation is 1. The quantitative estimate of drug-likeness (QED) is 0.688. The summed E-state index contributed by atoms with van der Waals surface area (Å²) in [4.78, 5) is 11.5. The second kappa shape index (κ2) is 7.20. The summed E-state index contributed by atoms with van der Waals surface area (Å²) in [7, 11) is 0. The van der Waals surface area contributed by atoms with Crippen LogP contribution in [0.1, 0.15) is 30.5 Å². The molecule has 0 bridgehead atoms. The lowest BCUT2D eigenvalue weighted by molar-refractivity contribution is -0.164. The summed E-state index contributed by atoms with van der Waals surface area (Å²) in [5, 5.41) is 22.7. The van der Waals surface area contributed by atoms with E-state index in [9.17, 15) is 15.0 Å². The molecule has 0 aromatic heterocycles. The van der Waals surface area contributed by atoms with Crippen LogP contribution in [0.2, 0.25) is 0 Å². The topological polar surface area (TPSA) is 69.6 Å². The highest BCUT2D eigenvalue weighted by Crippen LogP contribution is 2.19. The lowest BCUT2D eigenvalue weighted by Crippen LogP contribution is -2.53. The van der Waals surface area contributed by atoms with E-state index in [0.29, 0.717) is 6.42 Å². The molecule has 4 nitrogen and oxygen atoms in total. The minimum atomic E-state index is -1.95. The van der Waals surface area contributed by atoms with Crippen molar-refractivity contribution < 1.29 is 15.0 Å². The third-order valence-corrected chi connectivity index (χ3v) is 3.73. The van der Waals surface area contributed by atoms with Crippen molar-refractivity contribution in [2.24, 2.45) is 0 Å². The van der Waals surface area contributed by atoms with Crippen LogP contribution in [0.15, 0.2) is 60.7 Å². The molecule has 116 valence electrons. The van der Waals surface area contributed by atoms with Crippen molar-refractivity contribution in [1.29, 1.82) is 0 Å². The Morgan fingerprint density at radius 3 is 2.18 bits per heavy atom. The number of carbonyl (C=O) groups is 1. The van der Waals surface area contributed by atoms with Crippen molar-refractivity contribution in [3.05, 3.63) is 71.8 Å². The van der Waals surface area contributed by atoms with Crippen molar-refractivity contribution in [1.82, 2.24) is 5.32 Å². The van der Waals surface area contributed by atoms with Crippen molar-refractivity contribution in [3.63, 3.8) is 0 Å². The maximum atomic E-state index is 11.5. The first-order valence-corrected chi connectivity index (χ1v) is 7.33. The average molecular weight is 299 g/mol. The van der Waals surface area contributed by atoms with Gasteiger partial charge in [0.2, 0.25) is 5.72 Å². The Morgan fingerprint density at radius 1 is 1.09 bits per heavy atom. The predicted octanol–water partition coefficient (Wildman–Crippen LogP) is 2.74. The molecule has 0 saturated heterocycles. The number of hydrogen-bond acceptors (Lipinski definition) is 3. The molecule has 2 atom stereocenters. The first-order valence-electron chi connectivity index (χ1n) is 7.33. The third kappa shape index (κ3) is 4.16. The van der Waals surface area contributed by atoms with E-state index in [2.05, 4.69) is 5.32 Å². The number of aliphatic hydroxyl groups is 1. The van der Waals surface area contributed by atoms with E-state index in [1.165, 1.54) is 0 Å². The molecule has 0 amide bonds. The van der Waals surface area contributed by atoms with Gasteiger partial charge < -0.3 is 10.2 Å². The van der Waals surface area contributed by atoms with Gasteiger partial charge in [-0.2, -0.15) is 0 Å². The summed E-state index contributed by atoms with van der Waals surface area (Å²) in [5.41, 5.74) is -0.0244. The highest BCUT2D eigenvalue weighted by Gasteiger charge is 2.36. The van der Waals surface area contributed by atoms with Gasteiger partial charge in [0, 0.05) is 12.5 Å². The maximum absolute atomic E-state index is 11.5. The van der Waals surface area contributed by atoms with Gasteiger partial charge in [0.25, 0.3) is 0 Å². The number of nitrogens with one attached hydrogen (secondary N) is 1. The summed E-state index contributed by atoms with van der Waals surface area (Å²) in [6, 6.07) is 18.7. The smallest absolute Gasteiger partial charge is 0.351 e. The molecule has 4 heteroatoms.